The van der Waals surface area contributed by atoms with Crippen molar-refractivity contribution < 1.29 is 49.3 Å². The van der Waals surface area contributed by atoms with Crippen LogP contribution in [0, 0.1) is 0 Å². The second-order valence-corrected chi connectivity index (χ2v) is 22.5. The van der Waals surface area contributed by atoms with Gasteiger partial charge >= 0.3 is 5.97 Å². The number of hydrogen-bond acceptors (Lipinski definition) is 10. The normalized spacial score (nSPS) is 19.3. The highest BCUT2D eigenvalue weighted by Gasteiger charge is 2.47. The average molecular weight is 1110 g/mol. The average Bonchev–Trinajstić information content (AvgIpc) is 3.49. The molecule has 0 aromatic heterocycles. The van der Waals surface area contributed by atoms with Gasteiger partial charge < -0.3 is 45.1 Å². The number of hydrogen-bond donors (Lipinski definition) is 6. The summed E-state index contributed by atoms with van der Waals surface area (Å²) in [6.45, 7) is 5.68. The number of carbonyl (C=O) groups is 2. The zero-order valence-corrected chi connectivity index (χ0v) is 50.7. The van der Waals surface area contributed by atoms with E-state index in [0.717, 1.165) is 83.5 Å². The van der Waals surface area contributed by atoms with Gasteiger partial charge in [0.15, 0.2) is 12.4 Å². The van der Waals surface area contributed by atoms with Crippen LogP contribution < -0.4 is 5.32 Å². The van der Waals surface area contributed by atoms with Crippen molar-refractivity contribution in [1.82, 2.24) is 5.32 Å². The number of esters is 1. The fourth-order valence-corrected chi connectivity index (χ4v) is 9.97. The van der Waals surface area contributed by atoms with Gasteiger partial charge in [0.05, 0.1) is 25.4 Å². The van der Waals surface area contributed by atoms with Crippen LogP contribution in [0.4, 0.5) is 0 Å². The van der Waals surface area contributed by atoms with E-state index in [2.05, 4.69) is 86.8 Å². The topological polar surface area (TPSA) is 175 Å². The number of allylic oxidation sites excluding steroid dienone is 11. The Kier molecular flexibility index (Phi) is 52.2. The molecule has 1 aliphatic heterocycles. The molecule has 0 aliphatic carbocycles. The predicted molar refractivity (Wildman–Crippen MR) is 329 cm³/mol. The number of ether oxygens (including phenoxy) is 3. The molecule has 0 radical (unpaired) electrons. The molecule has 8 unspecified atom stereocenters. The van der Waals surface area contributed by atoms with Crippen LogP contribution in [0.15, 0.2) is 72.9 Å². The summed E-state index contributed by atoms with van der Waals surface area (Å²) in [7, 11) is 0. The van der Waals surface area contributed by atoms with Crippen molar-refractivity contribution in [2.24, 2.45) is 0 Å². The molecule has 0 spiro atoms. The Morgan fingerprint density at radius 3 is 1.37 bits per heavy atom. The fraction of sp³-hybridized carbons (Fsp3) is 0.794. The Bertz CT molecular complexity index is 1560. The summed E-state index contributed by atoms with van der Waals surface area (Å²) in [5.41, 5.74) is 0. The van der Waals surface area contributed by atoms with Crippen molar-refractivity contribution in [3.8, 4) is 0 Å². The van der Waals surface area contributed by atoms with E-state index in [4.69, 9.17) is 14.2 Å². The zero-order chi connectivity index (χ0) is 57.5. The van der Waals surface area contributed by atoms with Gasteiger partial charge in [0, 0.05) is 6.42 Å². The third-order valence-corrected chi connectivity index (χ3v) is 15.1. The monoisotopic (exact) mass is 1110 g/mol. The number of unbranched alkanes of at least 4 members (excludes halogenated alkanes) is 31. The maximum absolute atomic E-state index is 13.4. The SMILES string of the molecule is CC/C=C\C/C=C\C/C=C\C/C=C\C/C=C\CCCCC(O)C(=O)NC(COC1OC(CO)C(O)C(O)C1OC(=O)CCCCCCCCCCCCCCCCCCCCC)C(O)/C=C/CCCCCCCCCCCCC. The third-order valence-electron chi connectivity index (χ3n) is 15.1. The van der Waals surface area contributed by atoms with Gasteiger partial charge in [0.1, 0.15) is 24.4 Å². The van der Waals surface area contributed by atoms with Crippen LogP contribution in [0.2, 0.25) is 0 Å². The summed E-state index contributed by atoms with van der Waals surface area (Å²) in [4.78, 5) is 26.6. The van der Waals surface area contributed by atoms with Crippen molar-refractivity contribution in [3.63, 3.8) is 0 Å². The number of amides is 1. The molecule has 458 valence electrons. The summed E-state index contributed by atoms with van der Waals surface area (Å²) in [6.07, 6.45) is 60.8. The van der Waals surface area contributed by atoms with Crippen LogP contribution in [0.5, 0.6) is 0 Å². The van der Waals surface area contributed by atoms with E-state index >= 15 is 0 Å². The van der Waals surface area contributed by atoms with E-state index < -0.39 is 67.4 Å². The Labute approximate surface area is 483 Å². The van der Waals surface area contributed by atoms with Crippen LogP contribution in [-0.2, 0) is 23.8 Å². The standard InChI is InChI=1S/C68H121NO10/c1-4-7-10-13-16-19-22-25-27-29-31-33-35-38-41-44-47-50-53-56-63(73)79-66-65(75)64(74)62(57-70)78-68(66)77-58-59(60(71)54-51-48-45-42-39-36-24-21-18-15-12-9-6-3)69-67(76)61(72)55-52-49-46-43-40-37-34-32-30-28-26-23-20-17-14-11-8-5-2/h8,11,17,20,26,28,32,34,40,43,51,54,59-62,64-66,68,70-72,74-75H,4-7,9-10,12-16,18-19,21-25,27,29-31,33,35-39,41-42,44-50,52-53,55-58H2,1-3H3,(H,69,76)/b11-8-,20-17-,28-26-,34-32-,43-40-,54-51+. The smallest absolute Gasteiger partial charge is 0.306 e. The Balaban J connectivity index is 2.68. The first kappa shape index (κ1) is 74.1. The molecular formula is C68H121NO10. The number of rotatable bonds is 55. The number of aliphatic hydroxyl groups excluding tert-OH is 5. The lowest BCUT2D eigenvalue weighted by atomic mass is 9.99. The lowest BCUT2D eigenvalue weighted by molar-refractivity contribution is -0.305. The molecule has 0 saturated carbocycles. The highest BCUT2D eigenvalue weighted by molar-refractivity contribution is 5.80. The first-order chi connectivity index (χ1) is 38.7. The van der Waals surface area contributed by atoms with E-state index in [1.165, 1.54) is 154 Å². The molecule has 0 bridgehead atoms. The molecule has 0 aromatic rings. The Morgan fingerprint density at radius 2 is 0.911 bits per heavy atom. The Morgan fingerprint density at radius 1 is 0.506 bits per heavy atom. The summed E-state index contributed by atoms with van der Waals surface area (Å²) < 4.78 is 17.6. The molecule has 1 heterocycles. The van der Waals surface area contributed by atoms with Crippen molar-refractivity contribution in [3.05, 3.63) is 72.9 Å². The van der Waals surface area contributed by atoms with Crippen LogP contribution in [0.3, 0.4) is 0 Å². The highest BCUT2D eigenvalue weighted by Crippen LogP contribution is 2.26. The molecule has 8 atom stereocenters. The maximum atomic E-state index is 13.4. The van der Waals surface area contributed by atoms with Crippen LogP contribution in [0.25, 0.3) is 0 Å². The first-order valence-electron chi connectivity index (χ1n) is 32.7. The van der Waals surface area contributed by atoms with E-state index in [9.17, 15) is 35.1 Å². The lowest BCUT2D eigenvalue weighted by Crippen LogP contribution is -2.61. The van der Waals surface area contributed by atoms with Crippen LogP contribution in [0.1, 0.15) is 284 Å². The second-order valence-electron chi connectivity index (χ2n) is 22.5. The van der Waals surface area contributed by atoms with Gasteiger partial charge in [-0.15, -0.1) is 0 Å². The van der Waals surface area contributed by atoms with Gasteiger partial charge in [-0.25, -0.2) is 0 Å². The highest BCUT2D eigenvalue weighted by atomic mass is 16.7. The summed E-state index contributed by atoms with van der Waals surface area (Å²) >= 11 is 0. The van der Waals surface area contributed by atoms with Gasteiger partial charge in [0.2, 0.25) is 5.91 Å². The van der Waals surface area contributed by atoms with Gasteiger partial charge in [-0.05, 0) is 70.6 Å². The second kappa shape index (κ2) is 55.6. The zero-order valence-electron chi connectivity index (χ0n) is 50.7. The van der Waals surface area contributed by atoms with Gasteiger partial charge in [-0.1, -0.05) is 280 Å². The fourth-order valence-electron chi connectivity index (χ4n) is 9.97. The van der Waals surface area contributed by atoms with Crippen molar-refractivity contribution in [1.29, 1.82) is 0 Å². The van der Waals surface area contributed by atoms with Gasteiger partial charge in [-0.2, -0.15) is 0 Å². The molecule has 6 N–H and O–H groups in total. The Hall–Kier alpha value is -2.90. The van der Waals surface area contributed by atoms with E-state index in [-0.39, 0.29) is 19.4 Å². The largest absolute Gasteiger partial charge is 0.454 e. The maximum Gasteiger partial charge on any atom is 0.306 e. The molecule has 11 heteroatoms. The molecule has 1 amide bonds. The predicted octanol–water partition coefficient (Wildman–Crippen LogP) is 16.0. The molecule has 0 aromatic carbocycles. The van der Waals surface area contributed by atoms with Crippen molar-refractivity contribution >= 4 is 11.9 Å². The van der Waals surface area contributed by atoms with E-state index in [0.29, 0.717) is 12.8 Å². The number of carbonyl (C=O) groups excluding carboxylic acids is 2. The molecule has 11 nitrogen and oxygen atoms in total. The van der Waals surface area contributed by atoms with Crippen LogP contribution >= 0.6 is 0 Å². The number of nitrogens with one attached hydrogen (secondary N) is 1. The molecule has 1 fully saturated rings. The summed E-state index contributed by atoms with van der Waals surface area (Å²) in [5.74, 6) is -1.22. The molecule has 79 heavy (non-hydrogen) atoms. The lowest BCUT2D eigenvalue weighted by Gasteiger charge is -2.41. The minimum absolute atomic E-state index is 0.121. The number of aliphatic hydroxyl groups is 5. The summed E-state index contributed by atoms with van der Waals surface area (Å²) in [5, 5.41) is 57.1. The van der Waals surface area contributed by atoms with E-state index in [1.807, 2.05) is 6.08 Å². The third kappa shape index (κ3) is 43.5. The van der Waals surface area contributed by atoms with Crippen molar-refractivity contribution in [2.75, 3.05) is 13.2 Å². The molecular weight excluding hydrogens is 991 g/mol. The first-order valence-corrected chi connectivity index (χ1v) is 32.7. The van der Waals surface area contributed by atoms with Gasteiger partial charge in [-0.3, -0.25) is 9.59 Å². The quantitative estimate of drug-likeness (QED) is 0.0195. The van der Waals surface area contributed by atoms with E-state index in [1.54, 1.807) is 6.08 Å². The minimum Gasteiger partial charge on any atom is -0.454 e. The van der Waals surface area contributed by atoms with Crippen LogP contribution in [-0.4, -0.2) is 99.6 Å². The molecule has 1 aliphatic rings. The summed E-state index contributed by atoms with van der Waals surface area (Å²) in [6, 6.07) is -1.04. The molecule has 1 rings (SSSR count). The minimum atomic E-state index is -1.62. The van der Waals surface area contributed by atoms with Gasteiger partial charge in [0.25, 0.3) is 0 Å². The molecule has 1 saturated heterocycles. The van der Waals surface area contributed by atoms with Crippen molar-refractivity contribution in [2.45, 2.75) is 333 Å².